The Kier molecular flexibility index (Phi) is 156. The maximum absolute atomic E-state index is 8.42. The Labute approximate surface area is 86.3 Å². The normalized spacial score (nSPS) is 1.20. The van der Waals surface area contributed by atoms with Gasteiger partial charge in [-0.1, -0.05) is 0 Å². The molecule has 0 bridgehead atoms. The van der Waals surface area contributed by atoms with Crippen molar-refractivity contribution in [1.29, 1.82) is 0 Å². The first-order valence-corrected chi connectivity index (χ1v) is 1.72. The van der Waals surface area contributed by atoms with Gasteiger partial charge in [-0.15, -0.1) is 0 Å². The second-order valence-electron chi connectivity index (χ2n) is 0. The minimum atomic E-state index is -0.0833. The van der Waals surface area contributed by atoms with Crippen LogP contribution >= 0.6 is 0 Å². The predicted molar refractivity (Wildman–Crippen MR) is 7.84 cm³/mol. The molecular formula is HLaLiMnNiO. The topological polar surface area (TPSA) is 17.1 Å². The molecule has 1 nitrogen and oxygen atoms in total. The molecule has 28 valence electrons. The van der Waals surface area contributed by atoms with Crippen LogP contribution in [-0.2, 0) is 35.3 Å². The summed E-state index contributed by atoms with van der Waals surface area (Å²) in [7, 11) is 0. The van der Waals surface area contributed by atoms with E-state index in [9.17, 15) is 0 Å². The Morgan fingerprint density at radius 1 is 1.20 bits per heavy atom. The van der Waals surface area contributed by atoms with Crippen molar-refractivity contribution in [2.75, 3.05) is 0 Å². The standard InChI is InChI=1S/La.Li.Mn.Ni.O.H. The molecule has 0 aromatic heterocycles. The van der Waals surface area contributed by atoms with Gasteiger partial charge in [-0.2, -0.15) is 0 Å². The van der Waals surface area contributed by atoms with E-state index < -0.39 is 0 Å². The van der Waals surface area contributed by atoms with Gasteiger partial charge in [-0.3, -0.25) is 0 Å². The molecule has 0 saturated heterocycles. The van der Waals surface area contributed by atoms with Gasteiger partial charge in [0, 0.05) is 33.6 Å². The summed E-state index contributed by atoms with van der Waals surface area (Å²) in [4.78, 5) is 0. The van der Waals surface area contributed by atoms with E-state index in [1.165, 1.54) is 0 Å². The van der Waals surface area contributed by atoms with Gasteiger partial charge in [0.1, 0.15) is 0 Å². The van der Waals surface area contributed by atoms with Gasteiger partial charge in [0.05, 0.1) is 0 Å². The second kappa shape index (κ2) is 30.6. The van der Waals surface area contributed by atoms with E-state index in [-0.39, 0.29) is 86.2 Å². The van der Waals surface area contributed by atoms with Gasteiger partial charge in [-0.05, 0) is 0 Å². The van der Waals surface area contributed by atoms with Crippen LogP contribution in [-0.4, -0.2) is 18.9 Å². The number of hydrogen-bond acceptors (Lipinski definition) is 1. The first-order valence-electron chi connectivity index (χ1n) is 0.236. The van der Waals surface area contributed by atoms with Crippen molar-refractivity contribution in [1.82, 2.24) is 0 Å². The fraction of sp³-hybridized carbons (Fsp3) is 0. The maximum atomic E-state index is 8.42. The molecular weight excluding hydrogens is 275 g/mol. The Balaban J connectivity index is -0.00000000167. The summed E-state index contributed by atoms with van der Waals surface area (Å²) in [6.07, 6.45) is 0. The second-order valence-corrected chi connectivity index (χ2v) is 0. The molecule has 5 heavy (non-hydrogen) atoms. The molecule has 0 amide bonds. The molecule has 0 aliphatic rings. The van der Waals surface area contributed by atoms with Crippen LogP contribution in [0, 0.1) is 33.8 Å². The van der Waals surface area contributed by atoms with E-state index in [0.717, 1.165) is 0 Å². The Bertz CT molecular complexity index is 11.6. The Morgan fingerprint density at radius 3 is 1.20 bits per heavy atom. The van der Waals surface area contributed by atoms with E-state index in [0.29, 0.717) is 0 Å². The molecule has 0 atom stereocenters. The summed E-state index contributed by atoms with van der Waals surface area (Å²) < 4.78 is 8.42. The van der Waals surface area contributed by atoms with Crippen molar-refractivity contribution in [3.05, 3.63) is 0 Å². The molecule has 0 aliphatic carbocycles. The first-order chi connectivity index (χ1) is 1.00. The molecule has 0 aromatic carbocycles. The van der Waals surface area contributed by atoms with Gasteiger partial charge in [-0.25, -0.2) is 0 Å². The van der Waals surface area contributed by atoms with Crippen LogP contribution in [0.2, 0.25) is 0 Å². The SMILES string of the molecule is [LiH].[Mn].[Ni].[O]=[La]. The summed E-state index contributed by atoms with van der Waals surface area (Å²) >= 11 is -0.0833. The van der Waals surface area contributed by atoms with E-state index in [2.05, 4.69) is 0 Å². The van der Waals surface area contributed by atoms with E-state index in [1.807, 2.05) is 0 Å². The average Bonchev–Trinajstić information content (AvgIpc) is 1.00. The molecule has 0 aromatic rings. The summed E-state index contributed by atoms with van der Waals surface area (Å²) in [5.41, 5.74) is 0. The Hall–Kier alpha value is 2.61. The summed E-state index contributed by atoms with van der Waals surface area (Å²) in [5, 5.41) is 0. The van der Waals surface area contributed by atoms with Gasteiger partial charge < -0.3 is 0 Å². The summed E-state index contributed by atoms with van der Waals surface area (Å²) in [5.74, 6) is 0. The first kappa shape index (κ1) is 25.5. The minimum absolute atomic E-state index is 0. The fourth-order valence-corrected chi connectivity index (χ4v) is 0. The average molecular weight is 276 g/mol. The van der Waals surface area contributed by atoms with Crippen LogP contribution in [0.1, 0.15) is 0 Å². The van der Waals surface area contributed by atoms with Crippen molar-refractivity contribution >= 4 is 18.9 Å². The number of hydrogen-bond donors (Lipinski definition) is 0. The zero-order valence-corrected chi connectivity index (χ0v) is 7.47. The van der Waals surface area contributed by atoms with Crippen LogP contribution in [0.4, 0.5) is 0 Å². The zero-order valence-electron chi connectivity index (χ0n) is 1.68. The van der Waals surface area contributed by atoms with Crippen LogP contribution in [0.5, 0.6) is 0 Å². The van der Waals surface area contributed by atoms with E-state index in [4.69, 9.17) is 1.70 Å². The van der Waals surface area contributed by atoms with Gasteiger partial charge in [0.2, 0.25) is 0 Å². The Morgan fingerprint density at radius 2 is 1.20 bits per heavy atom. The molecule has 0 fully saturated rings. The monoisotopic (exact) mass is 276 g/mol. The van der Waals surface area contributed by atoms with Crippen LogP contribution < -0.4 is 0 Å². The van der Waals surface area contributed by atoms with E-state index >= 15 is 0 Å². The van der Waals surface area contributed by atoms with Crippen molar-refractivity contribution in [3.8, 4) is 0 Å². The third-order valence-electron chi connectivity index (χ3n) is 0. The number of rotatable bonds is 0. The molecule has 0 aliphatic heterocycles. The third-order valence-corrected chi connectivity index (χ3v) is 0. The van der Waals surface area contributed by atoms with Crippen LogP contribution in [0.25, 0.3) is 0 Å². The molecule has 1 radical (unpaired) electrons. The molecule has 0 heterocycles. The molecule has 5 heteroatoms. The third kappa shape index (κ3) is 20.6. The predicted octanol–water partition coefficient (Wildman–Crippen LogP) is -0.772. The summed E-state index contributed by atoms with van der Waals surface area (Å²) in [6, 6.07) is 0. The van der Waals surface area contributed by atoms with Crippen molar-refractivity contribution < 1.29 is 69.1 Å². The molecule has 0 rings (SSSR count). The quantitative estimate of drug-likeness (QED) is 0.531. The van der Waals surface area contributed by atoms with Crippen molar-refractivity contribution in [2.24, 2.45) is 0 Å². The van der Waals surface area contributed by atoms with Gasteiger partial charge >= 0.3 is 54.4 Å². The molecule has 0 unspecified atom stereocenters. The van der Waals surface area contributed by atoms with Crippen LogP contribution in [0.15, 0.2) is 0 Å². The van der Waals surface area contributed by atoms with Crippen molar-refractivity contribution in [2.45, 2.75) is 0 Å². The molecule has 0 spiro atoms. The fourth-order valence-electron chi connectivity index (χ4n) is 0. The van der Waals surface area contributed by atoms with E-state index in [1.54, 1.807) is 0 Å². The zero-order chi connectivity index (χ0) is 2.00. The van der Waals surface area contributed by atoms with Crippen molar-refractivity contribution in [3.63, 3.8) is 0 Å². The van der Waals surface area contributed by atoms with Gasteiger partial charge in [0.25, 0.3) is 0 Å². The van der Waals surface area contributed by atoms with Crippen LogP contribution in [0.3, 0.4) is 0 Å². The van der Waals surface area contributed by atoms with Gasteiger partial charge in [0.15, 0.2) is 0 Å². The molecule has 0 saturated carbocycles. The molecule has 0 N–H and O–H groups in total. The summed E-state index contributed by atoms with van der Waals surface area (Å²) in [6.45, 7) is 0.